The first-order chi connectivity index (χ1) is 7.79. The largest absolute Gasteiger partial charge is 0.382 e. The van der Waals surface area contributed by atoms with Crippen molar-refractivity contribution in [1.29, 1.82) is 5.26 Å². The van der Waals surface area contributed by atoms with Crippen molar-refractivity contribution in [3.05, 3.63) is 29.3 Å². The number of nitrogens with one attached hydrogen (secondary N) is 2. The lowest BCUT2D eigenvalue weighted by atomic mass is 10.1. The van der Waals surface area contributed by atoms with Crippen LogP contribution in [0.2, 0.25) is 0 Å². The molecule has 2 unspecified atom stereocenters. The summed E-state index contributed by atoms with van der Waals surface area (Å²) in [5.41, 5.74) is 2.97. The maximum absolute atomic E-state index is 8.86. The number of benzene rings is 1. The minimum Gasteiger partial charge on any atom is -0.382 e. The first-order valence-electron chi connectivity index (χ1n) is 5.77. The van der Waals surface area contributed by atoms with Crippen molar-refractivity contribution in [1.82, 2.24) is 5.32 Å². The van der Waals surface area contributed by atoms with E-state index in [4.69, 9.17) is 5.26 Å². The highest BCUT2D eigenvalue weighted by Crippen LogP contribution is 2.43. The fourth-order valence-electron chi connectivity index (χ4n) is 2.70. The number of aryl methyl sites for hydroxylation is 1. The van der Waals surface area contributed by atoms with E-state index in [1.165, 1.54) is 0 Å². The second kappa shape index (κ2) is 3.50. The highest BCUT2D eigenvalue weighted by atomic mass is 15.1. The monoisotopic (exact) mass is 213 g/mol. The Morgan fingerprint density at radius 1 is 1.38 bits per heavy atom. The minimum absolute atomic E-state index is 0.647. The van der Waals surface area contributed by atoms with Gasteiger partial charge < -0.3 is 10.6 Å². The zero-order valence-corrected chi connectivity index (χ0v) is 9.33. The Morgan fingerprint density at radius 2 is 2.12 bits per heavy atom. The zero-order chi connectivity index (χ0) is 11.1. The van der Waals surface area contributed by atoms with E-state index in [2.05, 4.69) is 22.8 Å². The highest BCUT2D eigenvalue weighted by molar-refractivity contribution is 5.53. The summed E-state index contributed by atoms with van der Waals surface area (Å²) in [5, 5.41) is 15.8. The summed E-state index contributed by atoms with van der Waals surface area (Å²) in [6.07, 6.45) is 0. The summed E-state index contributed by atoms with van der Waals surface area (Å²) >= 11 is 0. The first kappa shape index (κ1) is 9.68. The topological polar surface area (TPSA) is 47.8 Å². The molecular formula is C13H15N3. The SMILES string of the molecule is Cc1cc(NC2C3CNCC32)ccc1C#N. The van der Waals surface area contributed by atoms with Crippen molar-refractivity contribution in [2.45, 2.75) is 13.0 Å². The van der Waals surface area contributed by atoms with E-state index in [9.17, 15) is 0 Å². The predicted molar refractivity (Wildman–Crippen MR) is 63.2 cm³/mol. The normalized spacial score (nSPS) is 30.6. The van der Waals surface area contributed by atoms with Crippen molar-refractivity contribution in [2.24, 2.45) is 11.8 Å². The molecule has 1 saturated heterocycles. The van der Waals surface area contributed by atoms with E-state index in [0.717, 1.165) is 41.7 Å². The molecule has 1 heterocycles. The molecule has 0 spiro atoms. The van der Waals surface area contributed by atoms with Crippen LogP contribution in [0.1, 0.15) is 11.1 Å². The third kappa shape index (κ3) is 1.46. The lowest BCUT2D eigenvalue weighted by Gasteiger charge is -2.10. The van der Waals surface area contributed by atoms with Crippen LogP contribution in [0.5, 0.6) is 0 Å². The summed E-state index contributed by atoms with van der Waals surface area (Å²) in [7, 11) is 0. The van der Waals surface area contributed by atoms with Gasteiger partial charge >= 0.3 is 0 Å². The molecule has 2 aliphatic rings. The van der Waals surface area contributed by atoms with Crippen LogP contribution in [-0.2, 0) is 0 Å². The second-order valence-electron chi connectivity index (χ2n) is 4.80. The predicted octanol–water partition coefficient (Wildman–Crippen LogP) is 1.50. The molecule has 1 aromatic rings. The molecule has 2 fully saturated rings. The van der Waals surface area contributed by atoms with Gasteiger partial charge in [-0.1, -0.05) is 0 Å². The van der Waals surface area contributed by atoms with Crippen molar-refractivity contribution < 1.29 is 0 Å². The number of piperidine rings is 1. The van der Waals surface area contributed by atoms with Gasteiger partial charge in [-0.3, -0.25) is 0 Å². The molecule has 1 aliphatic heterocycles. The molecule has 0 radical (unpaired) electrons. The fourth-order valence-corrected chi connectivity index (χ4v) is 2.70. The number of hydrogen-bond acceptors (Lipinski definition) is 3. The Kier molecular flexibility index (Phi) is 2.12. The van der Waals surface area contributed by atoms with Gasteiger partial charge in [0.15, 0.2) is 0 Å². The Bertz CT molecular complexity index is 451. The number of rotatable bonds is 2. The molecule has 0 amide bonds. The summed E-state index contributed by atoms with van der Waals surface area (Å²) < 4.78 is 0. The van der Waals surface area contributed by atoms with Gasteiger partial charge in [0.1, 0.15) is 0 Å². The van der Waals surface area contributed by atoms with Crippen molar-refractivity contribution in [3.63, 3.8) is 0 Å². The Morgan fingerprint density at radius 3 is 2.75 bits per heavy atom. The standard InChI is InChI=1S/C13H15N3/c1-8-4-10(3-2-9(8)5-14)16-13-11-6-15-7-12(11)13/h2-4,11-13,15-16H,6-7H2,1H3. The van der Waals surface area contributed by atoms with Gasteiger partial charge in [-0.2, -0.15) is 5.26 Å². The van der Waals surface area contributed by atoms with Crippen LogP contribution in [0.15, 0.2) is 18.2 Å². The average molecular weight is 213 g/mol. The Hall–Kier alpha value is -1.53. The van der Waals surface area contributed by atoms with E-state index in [-0.39, 0.29) is 0 Å². The van der Waals surface area contributed by atoms with Crippen LogP contribution < -0.4 is 10.6 Å². The van der Waals surface area contributed by atoms with Crippen LogP contribution in [0.25, 0.3) is 0 Å². The van der Waals surface area contributed by atoms with Crippen LogP contribution in [0.3, 0.4) is 0 Å². The van der Waals surface area contributed by atoms with Crippen molar-refractivity contribution in [2.75, 3.05) is 18.4 Å². The van der Waals surface area contributed by atoms with Gasteiger partial charge in [-0.15, -0.1) is 0 Å². The maximum atomic E-state index is 8.86. The molecule has 2 N–H and O–H groups in total. The quantitative estimate of drug-likeness (QED) is 0.782. The smallest absolute Gasteiger partial charge is 0.0994 e. The Balaban J connectivity index is 1.72. The van der Waals surface area contributed by atoms with Crippen molar-refractivity contribution in [3.8, 4) is 6.07 Å². The fraction of sp³-hybridized carbons (Fsp3) is 0.462. The van der Waals surface area contributed by atoms with Crippen LogP contribution >= 0.6 is 0 Å². The average Bonchev–Trinajstić information content (AvgIpc) is 2.75. The van der Waals surface area contributed by atoms with E-state index in [1.54, 1.807) is 0 Å². The molecule has 82 valence electrons. The lowest BCUT2D eigenvalue weighted by Crippen LogP contribution is -2.21. The molecule has 3 rings (SSSR count). The van der Waals surface area contributed by atoms with E-state index < -0.39 is 0 Å². The summed E-state index contributed by atoms with van der Waals surface area (Å²) in [6.45, 7) is 4.29. The summed E-state index contributed by atoms with van der Waals surface area (Å²) in [4.78, 5) is 0. The molecule has 1 aromatic carbocycles. The van der Waals surface area contributed by atoms with Crippen molar-refractivity contribution >= 4 is 5.69 Å². The molecular weight excluding hydrogens is 198 g/mol. The minimum atomic E-state index is 0.647. The number of fused-ring (bicyclic) bond motifs is 1. The maximum Gasteiger partial charge on any atom is 0.0994 e. The van der Waals surface area contributed by atoms with Crippen LogP contribution in [0.4, 0.5) is 5.69 Å². The van der Waals surface area contributed by atoms with Gasteiger partial charge in [0, 0.05) is 24.8 Å². The lowest BCUT2D eigenvalue weighted by molar-refractivity contribution is 0.697. The molecule has 3 nitrogen and oxygen atoms in total. The van der Waals surface area contributed by atoms with Crippen LogP contribution in [0, 0.1) is 30.1 Å². The van der Waals surface area contributed by atoms with E-state index in [0.29, 0.717) is 6.04 Å². The molecule has 3 heteroatoms. The first-order valence-corrected chi connectivity index (χ1v) is 5.77. The third-order valence-corrected chi connectivity index (χ3v) is 3.77. The molecule has 16 heavy (non-hydrogen) atoms. The zero-order valence-electron chi connectivity index (χ0n) is 9.33. The van der Waals surface area contributed by atoms with Gasteiger partial charge in [-0.05, 0) is 42.5 Å². The highest BCUT2D eigenvalue weighted by Gasteiger charge is 2.52. The third-order valence-electron chi connectivity index (χ3n) is 3.77. The molecule has 1 saturated carbocycles. The van der Waals surface area contributed by atoms with Gasteiger partial charge in [0.05, 0.1) is 11.6 Å². The van der Waals surface area contributed by atoms with Gasteiger partial charge in [-0.25, -0.2) is 0 Å². The van der Waals surface area contributed by atoms with Crippen LogP contribution in [-0.4, -0.2) is 19.1 Å². The summed E-state index contributed by atoms with van der Waals surface area (Å²) in [5.74, 6) is 1.63. The van der Waals surface area contributed by atoms with E-state index >= 15 is 0 Å². The molecule has 1 aliphatic carbocycles. The summed E-state index contributed by atoms with van der Waals surface area (Å²) in [6, 6.07) is 8.81. The van der Waals surface area contributed by atoms with E-state index in [1.807, 2.05) is 19.1 Å². The molecule has 0 aromatic heterocycles. The van der Waals surface area contributed by atoms with Gasteiger partial charge in [0.2, 0.25) is 0 Å². The number of nitrogens with zero attached hydrogens (tertiary/aromatic N) is 1. The number of hydrogen-bond donors (Lipinski definition) is 2. The van der Waals surface area contributed by atoms with Gasteiger partial charge in [0.25, 0.3) is 0 Å². The Labute approximate surface area is 95.5 Å². The second-order valence-corrected chi connectivity index (χ2v) is 4.80. The molecule has 0 bridgehead atoms. The number of nitriles is 1. The number of anilines is 1. The molecule has 2 atom stereocenters.